The summed E-state index contributed by atoms with van der Waals surface area (Å²) in [6.07, 6.45) is 2.86. The topological polar surface area (TPSA) is 52.6 Å². The minimum Gasteiger partial charge on any atom is -0.417 e. The fourth-order valence-corrected chi connectivity index (χ4v) is 6.38. The van der Waals surface area contributed by atoms with Crippen molar-refractivity contribution in [3.63, 3.8) is 0 Å². The molecule has 0 aliphatic heterocycles. The summed E-state index contributed by atoms with van der Waals surface area (Å²) in [5.74, 6) is 1.28. The van der Waals surface area contributed by atoms with E-state index in [-0.39, 0.29) is 16.0 Å². The molecule has 2 aliphatic rings. The van der Waals surface area contributed by atoms with E-state index in [2.05, 4.69) is 33.9 Å². The molecule has 27 heavy (non-hydrogen) atoms. The maximum absolute atomic E-state index is 12.7. The Morgan fingerprint density at radius 3 is 2.26 bits per heavy atom. The van der Waals surface area contributed by atoms with E-state index in [0.717, 1.165) is 31.4 Å². The first-order chi connectivity index (χ1) is 12.4. The van der Waals surface area contributed by atoms with Crippen molar-refractivity contribution in [3.05, 3.63) is 29.8 Å². The van der Waals surface area contributed by atoms with E-state index >= 15 is 0 Å². The van der Waals surface area contributed by atoms with Crippen LogP contribution in [0, 0.1) is 24.7 Å². The van der Waals surface area contributed by atoms with Crippen LogP contribution in [0.25, 0.3) is 0 Å². The Hall–Kier alpha value is -0.693. The van der Waals surface area contributed by atoms with Crippen molar-refractivity contribution in [2.45, 2.75) is 76.1 Å². The Balaban J connectivity index is 1.65. The standard InChI is InChI=1S/C21H34O4SSi/c1-15-7-9-18(10-8-15)26(22,23)25-20-13-16-11-17(19(20)12-16)14-24-27(5,6)21(2,3)4/h7-10,16-17,19-20H,11-14H2,1-6H3/t16-,17+,19-,20+/m1/s1. The first-order valence-corrected chi connectivity index (χ1v) is 14.3. The lowest BCUT2D eigenvalue weighted by molar-refractivity contribution is 0.0801. The molecule has 1 aromatic carbocycles. The van der Waals surface area contributed by atoms with Crippen molar-refractivity contribution >= 4 is 18.4 Å². The zero-order valence-electron chi connectivity index (χ0n) is 17.5. The number of hydrogen-bond donors (Lipinski definition) is 0. The molecule has 0 radical (unpaired) electrons. The number of benzene rings is 1. The van der Waals surface area contributed by atoms with Crippen LogP contribution in [0.2, 0.25) is 18.1 Å². The summed E-state index contributed by atoms with van der Waals surface area (Å²) in [6, 6.07) is 6.89. The average Bonchev–Trinajstić information content (AvgIpc) is 3.11. The average molecular weight is 411 g/mol. The van der Waals surface area contributed by atoms with E-state index in [4.69, 9.17) is 8.61 Å². The fraction of sp³-hybridized carbons (Fsp3) is 0.714. The number of rotatable bonds is 6. The molecule has 6 heteroatoms. The molecular weight excluding hydrogens is 376 g/mol. The minimum absolute atomic E-state index is 0.190. The predicted octanol–water partition coefficient (Wildman–Crippen LogP) is 5.14. The Morgan fingerprint density at radius 1 is 1.07 bits per heavy atom. The quantitative estimate of drug-likeness (QED) is 0.481. The molecule has 1 aromatic rings. The first kappa shape index (κ1) is 21.0. The molecule has 0 heterocycles. The molecular formula is C21H34O4SSi. The highest BCUT2D eigenvalue weighted by Gasteiger charge is 2.49. The van der Waals surface area contributed by atoms with Gasteiger partial charge >= 0.3 is 0 Å². The van der Waals surface area contributed by atoms with Gasteiger partial charge in [-0.05, 0) is 74.2 Å². The van der Waals surface area contributed by atoms with E-state index < -0.39 is 18.4 Å². The van der Waals surface area contributed by atoms with E-state index in [1.807, 2.05) is 19.1 Å². The second-order valence-electron chi connectivity index (χ2n) is 9.97. The zero-order chi connectivity index (χ0) is 20.0. The summed E-state index contributed by atoms with van der Waals surface area (Å²) >= 11 is 0. The SMILES string of the molecule is Cc1ccc(S(=O)(=O)O[C@H]2C[C@@H]3C[C@@H](CO[Si](C)(C)C(C)(C)C)[C@H]2C3)cc1. The van der Waals surface area contributed by atoms with Gasteiger partial charge in [0.2, 0.25) is 0 Å². The molecule has 4 atom stereocenters. The highest BCUT2D eigenvalue weighted by Crippen LogP contribution is 2.51. The lowest BCUT2D eigenvalue weighted by atomic mass is 9.87. The highest BCUT2D eigenvalue weighted by molar-refractivity contribution is 7.86. The van der Waals surface area contributed by atoms with Gasteiger partial charge < -0.3 is 4.43 Å². The Morgan fingerprint density at radius 2 is 1.70 bits per heavy atom. The number of aryl methyl sites for hydroxylation is 1. The van der Waals surface area contributed by atoms with Gasteiger partial charge in [-0.15, -0.1) is 0 Å². The van der Waals surface area contributed by atoms with Crippen LogP contribution < -0.4 is 0 Å². The third-order valence-corrected chi connectivity index (χ3v) is 12.8. The third-order valence-electron chi connectivity index (χ3n) is 6.91. The van der Waals surface area contributed by atoms with Crippen molar-refractivity contribution < 1.29 is 17.0 Å². The van der Waals surface area contributed by atoms with E-state index in [1.54, 1.807) is 12.1 Å². The van der Waals surface area contributed by atoms with Gasteiger partial charge in [0.05, 0.1) is 11.0 Å². The van der Waals surface area contributed by atoms with Crippen molar-refractivity contribution in [1.82, 2.24) is 0 Å². The lowest BCUT2D eigenvalue weighted by Crippen LogP contribution is -2.43. The van der Waals surface area contributed by atoms with Crippen LogP contribution in [-0.2, 0) is 18.7 Å². The monoisotopic (exact) mass is 410 g/mol. The Bertz CT molecular complexity index is 764. The predicted molar refractivity (Wildman–Crippen MR) is 111 cm³/mol. The van der Waals surface area contributed by atoms with Crippen LogP contribution in [0.4, 0.5) is 0 Å². The fourth-order valence-electron chi connectivity index (χ4n) is 4.19. The molecule has 0 spiro atoms. The summed E-state index contributed by atoms with van der Waals surface area (Å²) in [5.41, 5.74) is 1.04. The van der Waals surface area contributed by atoms with Gasteiger partial charge in [0, 0.05) is 6.61 Å². The molecule has 3 rings (SSSR count). The Labute approximate surface area is 165 Å². The van der Waals surface area contributed by atoms with Crippen molar-refractivity contribution in [2.24, 2.45) is 17.8 Å². The number of fused-ring (bicyclic) bond motifs is 2. The lowest BCUT2D eigenvalue weighted by Gasteiger charge is -2.38. The van der Waals surface area contributed by atoms with Gasteiger partial charge in [-0.1, -0.05) is 38.5 Å². The molecule has 2 aliphatic carbocycles. The summed E-state index contributed by atoms with van der Waals surface area (Å²) in [6.45, 7) is 14.0. The van der Waals surface area contributed by atoms with Crippen molar-refractivity contribution in [2.75, 3.05) is 6.61 Å². The molecule has 0 aromatic heterocycles. The van der Waals surface area contributed by atoms with Crippen molar-refractivity contribution in [1.29, 1.82) is 0 Å². The summed E-state index contributed by atoms with van der Waals surface area (Å²) in [4.78, 5) is 0.255. The minimum atomic E-state index is -3.71. The van der Waals surface area contributed by atoms with Gasteiger partial charge in [0.1, 0.15) is 0 Å². The highest BCUT2D eigenvalue weighted by atomic mass is 32.2. The van der Waals surface area contributed by atoms with Crippen LogP contribution >= 0.6 is 0 Å². The normalized spacial score (nSPS) is 28.7. The van der Waals surface area contributed by atoms with Crippen molar-refractivity contribution in [3.8, 4) is 0 Å². The maximum atomic E-state index is 12.7. The second kappa shape index (κ2) is 7.28. The van der Waals surface area contributed by atoms with E-state index in [1.165, 1.54) is 0 Å². The van der Waals surface area contributed by atoms with Gasteiger partial charge in [-0.25, -0.2) is 0 Å². The van der Waals surface area contributed by atoms with Crippen LogP contribution in [0.15, 0.2) is 29.2 Å². The maximum Gasteiger partial charge on any atom is 0.297 e. The largest absolute Gasteiger partial charge is 0.417 e. The molecule has 152 valence electrons. The molecule has 0 amide bonds. The molecule has 2 saturated carbocycles. The van der Waals surface area contributed by atoms with Gasteiger partial charge in [-0.2, -0.15) is 8.42 Å². The summed E-state index contributed by atoms with van der Waals surface area (Å²) < 4.78 is 37.5. The molecule has 4 nitrogen and oxygen atoms in total. The van der Waals surface area contributed by atoms with Crippen LogP contribution in [-0.4, -0.2) is 29.4 Å². The van der Waals surface area contributed by atoms with Crippen LogP contribution in [0.3, 0.4) is 0 Å². The summed E-state index contributed by atoms with van der Waals surface area (Å²) in [7, 11) is -5.49. The first-order valence-electron chi connectivity index (χ1n) is 10.0. The van der Waals surface area contributed by atoms with Gasteiger partial charge in [0.25, 0.3) is 10.1 Å². The number of hydrogen-bond acceptors (Lipinski definition) is 4. The summed E-state index contributed by atoms with van der Waals surface area (Å²) in [5, 5.41) is 0.190. The van der Waals surface area contributed by atoms with Gasteiger partial charge in [0.15, 0.2) is 8.32 Å². The molecule has 0 unspecified atom stereocenters. The molecule has 0 N–H and O–H groups in total. The van der Waals surface area contributed by atoms with Gasteiger partial charge in [-0.3, -0.25) is 4.18 Å². The molecule has 0 saturated heterocycles. The zero-order valence-corrected chi connectivity index (χ0v) is 19.3. The second-order valence-corrected chi connectivity index (χ2v) is 16.4. The smallest absolute Gasteiger partial charge is 0.297 e. The van der Waals surface area contributed by atoms with E-state index in [0.29, 0.717) is 17.8 Å². The Kier molecular flexibility index (Phi) is 5.67. The van der Waals surface area contributed by atoms with E-state index in [9.17, 15) is 8.42 Å². The molecule has 2 fully saturated rings. The molecule has 2 bridgehead atoms. The van der Waals surface area contributed by atoms with Crippen LogP contribution in [0.5, 0.6) is 0 Å². The third kappa shape index (κ3) is 4.49. The van der Waals surface area contributed by atoms with Crippen LogP contribution in [0.1, 0.15) is 45.6 Å².